The van der Waals surface area contributed by atoms with Crippen molar-refractivity contribution in [1.82, 2.24) is 15.0 Å². The second kappa shape index (κ2) is 5.20. The zero-order chi connectivity index (χ0) is 12.3. The fraction of sp³-hybridized carbons (Fsp3) is 0.182. The molecule has 6 heteroatoms. The van der Waals surface area contributed by atoms with Crippen LogP contribution in [-0.4, -0.2) is 15.0 Å². The number of nitrogens with zero attached hydrogens (tertiary/aromatic N) is 3. The Morgan fingerprint density at radius 3 is 2.76 bits per heavy atom. The minimum absolute atomic E-state index is 0.604. The average Bonchev–Trinajstić information content (AvgIpc) is 2.38. The number of halogens is 1. The van der Waals surface area contributed by atoms with Gasteiger partial charge in [0.2, 0.25) is 0 Å². The smallest absolute Gasteiger partial charge is 0.163 e. The van der Waals surface area contributed by atoms with Crippen molar-refractivity contribution in [3.63, 3.8) is 0 Å². The second-order valence-electron chi connectivity index (χ2n) is 3.46. The summed E-state index contributed by atoms with van der Waals surface area (Å²) < 4.78 is 0.891. The van der Waals surface area contributed by atoms with E-state index in [1.165, 1.54) is 0 Å². The molecule has 0 amide bonds. The molecule has 0 aliphatic carbocycles. The molecular weight excluding hydrogens is 282 g/mol. The molecule has 0 aromatic carbocycles. The summed E-state index contributed by atoms with van der Waals surface area (Å²) in [5.74, 6) is 6.61. The average molecular weight is 294 g/mol. The molecule has 5 nitrogen and oxygen atoms in total. The first-order valence-corrected chi connectivity index (χ1v) is 5.97. The zero-order valence-electron chi connectivity index (χ0n) is 9.31. The van der Waals surface area contributed by atoms with Crippen LogP contribution in [0.15, 0.2) is 29.0 Å². The van der Waals surface area contributed by atoms with Crippen LogP contribution in [0.2, 0.25) is 0 Å². The zero-order valence-corrected chi connectivity index (χ0v) is 10.9. The highest BCUT2D eigenvalue weighted by Crippen LogP contribution is 2.20. The number of nitrogens with one attached hydrogen (secondary N) is 1. The van der Waals surface area contributed by atoms with Crippen LogP contribution in [0.4, 0.5) is 5.82 Å². The van der Waals surface area contributed by atoms with Gasteiger partial charge in [-0.15, -0.1) is 0 Å². The third-order valence-electron chi connectivity index (χ3n) is 2.25. The molecule has 0 atom stereocenters. The van der Waals surface area contributed by atoms with E-state index >= 15 is 0 Å². The third kappa shape index (κ3) is 2.78. The standard InChI is InChI=1S/C11H12BrN5/c1-2-9-4-10(17-13)16-11(15-9)7-3-8(12)6-14-5-7/h3-6H,2,13H2,1H3,(H,15,16,17). The van der Waals surface area contributed by atoms with E-state index in [1.54, 1.807) is 12.4 Å². The Bertz CT molecular complexity index is 507. The van der Waals surface area contributed by atoms with Crippen LogP contribution >= 0.6 is 15.9 Å². The molecule has 0 bridgehead atoms. The Hall–Kier alpha value is -1.53. The van der Waals surface area contributed by atoms with Crippen molar-refractivity contribution in [3.8, 4) is 11.4 Å². The summed E-state index contributed by atoms with van der Waals surface area (Å²) >= 11 is 3.37. The fourth-order valence-electron chi connectivity index (χ4n) is 1.42. The molecule has 0 fully saturated rings. The maximum atomic E-state index is 5.39. The van der Waals surface area contributed by atoms with E-state index in [-0.39, 0.29) is 0 Å². The summed E-state index contributed by atoms with van der Waals surface area (Å²) in [5.41, 5.74) is 4.33. The van der Waals surface area contributed by atoms with Gasteiger partial charge in [0.1, 0.15) is 5.82 Å². The molecule has 0 radical (unpaired) electrons. The van der Waals surface area contributed by atoms with Gasteiger partial charge in [0.05, 0.1) is 0 Å². The Labute approximate surface area is 108 Å². The molecule has 2 aromatic heterocycles. The molecule has 2 heterocycles. The lowest BCUT2D eigenvalue weighted by molar-refractivity contribution is 1.000. The van der Waals surface area contributed by atoms with Gasteiger partial charge >= 0.3 is 0 Å². The summed E-state index contributed by atoms with van der Waals surface area (Å²) in [5, 5.41) is 0. The summed E-state index contributed by atoms with van der Waals surface area (Å²) in [6, 6.07) is 3.75. The van der Waals surface area contributed by atoms with Crippen LogP contribution in [0.1, 0.15) is 12.6 Å². The Morgan fingerprint density at radius 1 is 1.29 bits per heavy atom. The number of nitrogens with two attached hydrogens (primary N) is 1. The van der Waals surface area contributed by atoms with E-state index in [0.717, 1.165) is 22.2 Å². The largest absolute Gasteiger partial charge is 0.308 e. The highest BCUT2D eigenvalue weighted by molar-refractivity contribution is 9.10. The Morgan fingerprint density at radius 2 is 2.12 bits per heavy atom. The summed E-state index contributed by atoms with van der Waals surface area (Å²) in [6.07, 6.45) is 4.26. The number of hydrogen-bond acceptors (Lipinski definition) is 5. The molecule has 2 rings (SSSR count). The third-order valence-corrected chi connectivity index (χ3v) is 2.69. The van der Waals surface area contributed by atoms with Gasteiger partial charge in [-0.2, -0.15) is 0 Å². The molecule has 3 N–H and O–H groups in total. The molecule has 17 heavy (non-hydrogen) atoms. The minimum Gasteiger partial charge on any atom is -0.308 e. The molecule has 2 aromatic rings. The first-order valence-electron chi connectivity index (χ1n) is 5.18. The molecule has 0 saturated heterocycles. The van der Waals surface area contributed by atoms with Crippen LogP contribution in [-0.2, 0) is 6.42 Å². The highest BCUT2D eigenvalue weighted by atomic mass is 79.9. The van der Waals surface area contributed by atoms with Gasteiger partial charge < -0.3 is 5.43 Å². The molecule has 0 unspecified atom stereocenters. The number of hydrogen-bond donors (Lipinski definition) is 2. The van der Waals surface area contributed by atoms with Crippen molar-refractivity contribution in [2.45, 2.75) is 13.3 Å². The van der Waals surface area contributed by atoms with E-state index in [1.807, 2.05) is 19.1 Å². The lowest BCUT2D eigenvalue weighted by Crippen LogP contribution is -2.10. The van der Waals surface area contributed by atoms with E-state index < -0.39 is 0 Å². The van der Waals surface area contributed by atoms with Gasteiger partial charge in [-0.3, -0.25) is 4.98 Å². The van der Waals surface area contributed by atoms with Gasteiger partial charge in [0, 0.05) is 34.2 Å². The van der Waals surface area contributed by atoms with Crippen LogP contribution < -0.4 is 11.3 Å². The van der Waals surface area contributed by atoms with E-state index in [9.17, 15) is 0 Å². The first-order chi connectivity index (χ1) is 8.22. The number of hydrazine groups is 1. The van der Waals surface area contributed by atoms with Crippen LogP contribution in [0.25, 0.3) is 11.4 Å². The maximum absolute atomic E-state index is 5.39. The van der Waals surface area contributed by atoms with Crippen molar-refractivity contribution < 1.29 is 0 Å². The Balaban J connectivity index is 2.50. The number of aryl methyl sites for hydroxylation is 1. The van der Waals surface area contributed by atoms with Gasteiger partial charge in [-0.05, 0) is 28.4 Å². The van der Waals surface area contributed by atoms with E-state index in [4.69, 9.17) is 5.84 Å². The monoisotopic (exact) mass is 293 g/mol. The van der Waals surface area contributed by atoms with Crippen molar-refractivity contribution in [1.29, 1.82) is 0 Å². The lowest BCUT2D eigenvalue weighted by Gasteiger charge is -2.06. The second-order valence-corrected chi connectivity index (χ2v) is 4.37. The van der Waals surface area contributed by atoms with Gasteiger partial charge in [0.25, 0.3) is 0 Å². The SMILES string of the molecule is CCc1cc(NN)nc(-c2cncc(Br)c2)n1. The van der Waals surface area contributed by atoms with Crippen molar-refractivity contribution in [2.24, 2.45) is 5.84 Å². The normalized spacial score (nSPS) is 10.3. The van der Waals surface area contributed by atoms with Crippen LogP contribution in [0.5, 0.6) is 0 Å². The van der Waals surface area contributed by atoms with Gasteiger partial charge in [-0.1, -0.05) is 6.92 Å². The number of nitrogen functional groups attached to an aromatic ring is 1. The molecule has 0 saturated carbocycles. The predicted octanol–water partition coefficient (Wildman–Crippen LogP) is 2.15. The summed E-state index contributed by atoms with van der Waals surface area (Å²) in [6.45, 7) is 2.03. The molecule has 88 valence electrons. The first kappa shape index (κ1) is 11.9. The van der Waals surface area contributed by atoms with Gasteiger partial charge in [0.15, 0.2) is 5.82 Å². The number of aromatic nitrogens is 3. The van der Waals surface area contributed by atoms with Crippen LogP contribution in [0.3, 0.4) is 0 Å². The van der Waals surface area contributed by atoms with Crippen molar-refractivity contribution >= 4 is 21.7 Å². The fourth-order valence-corrected chi connectivity index (χ4v) is 1.78. The van der Waals surface area contributed by atoms with Gasteiger partial charge in [-0.25, -0.2) is 15.8 Å². The van der Waals surface area contributed by atoms with Crippen LogP contribution in [0, 0.1) is 0 Å². The number of rotatable bonds is 3. The number of anilines is 1. The Kier molecular flexibility index (Phi) is 3.65. The predicted molar refractivity (Wildman–Crippen MR) is 70.2 cm³/mol. The molecule has 0 aliphatic heterocycles. The molecule has 0 aliphatic rings. The minimum atomic E-state index is 0.604. The maximum Gasteiger partial charge on any atom is 0.163 e. The van der Waals surface area contributed by atoms with Crippen molar-refractivity contribution in [2.75, 3.05) is 5.43 Å². The lowest BCUT2D eigenvalue weighted by atomic mass is 10.2. The topological polar surface area (TPSA) is 76.7 Å². The van der Waals surface area contributed by atoms with Crippen molar-refractivity contribution in [3.05, 3.63) is 34.7 Å². The highest BCUT2D eigenvalue weighted by Gasteiger charge is 2.06. The molecule has 0 spiro atoms. The quantitative estimate of drug-likeness (QED) is 0.670. The summed E-state index contributed by atoms with van der Waals surface area (Å²) in [4.78, 5) is 12.8. The van der Waals surface area contributed by atoms with E-state index in [2.05, 4.69) is 36.3 Å². The van der Waals surface area contributed by atoms with E-state index in [0.29, 0.717) is 11.6 Å². The number of pyridine rings is 1. The summed E-state index contributed by atoms with van der Waals surface area (Å²) in [7, 11) is 0. The molecular formula is C11H12BrN5.